The third-order valence-corrected chi connectivity index (χ3v) is 3.99. The van der Waals surface area contributed by atoms with E-state index in [1.807, 2.05) is 66.0 Å². The van der Waals surface area contributed by atoms with Crippen LogP contribution in [0.3, 0.4) is 0 Å². The highest BCUT2D eigenvalue weighted by molar-refractivity contribution is 6.14. The Balaban J connectivity index is 2.04. The minimum atomic E-state index is -0.0914. The number of nitrogens with zero attached hydrogens (tertiary/aromatic N) is 3. The topological polar surface area (TPSA) is 69.8 Å². The van der Waals surface area contributed by atoms with Gasteiger partial charge in [-0.3, -0.25) is 4.79 Å². The molecule has 0 spiro atoms. The number of carbonyl (C=O) groups excluding carboxylic acids is 1. The lowest BCUT2D eigenvalue weighted by Crippen LogP contribution is -2.31. The van der Waals surface area contributed by atoms with Crippen LogP contribution in [0, 0.1) is 11.3 Å². The second-order valence-corrected chi connectivity index (χ2v) is 6.02. The second-order valence-electron chi connectivity index (χ2n) is 6.02. The number of rotatable bonds is 6. The molecule has 1 aromatic carbocycles. The average molecular weight is 336 g/mol. The van der Waals surface area contributed by atoms with Gasteiger partial charge in [-0.1, -0.05) is 6.07 Å². The van der Waals surface area contributed by atoms with Gasteiger partial charge >= 0.3 is 0 Å². The van der Waals surface area contributed by atoms with E-state index < -0.39 is 0 Å². The quantitative estimate of drug-likeness (QED) is 0.750. The Morgan fingerprint density at radius 1 is 1.28 bits per heavy atom. The molecular weight excluding hydrogens is 316 g/mol. The van der Waals surface area contributed by atoms with Gasteiger partial charge in [0.05, 0.1) is 16.6 Å². The summed E-state index contributed by atoms with van der Waals surface area (Å²) in [7, 11) is 3.94. The third kappa shape index (κ3) is 3.42. The number of ether oxygens (including phenoxy) is 1. The Bertz CT molecular complexity index is 953. The molecule has 3 aromatic rings. The number of pyridine rings is 1. The van der Waals surface area contributed by atoms with Crippen LogP contribution in [-0.2, 0) is 0 Å². The van der Waals surface area contributed by atoms with Gasteiger partial charge in [0.25, 0.3) is 5.91 Å². The maximum Gasteiger partial charge on any atom is 0.254 e. The van der Waals surface area contributed by atoms with Gasteiger partial charge in [0.1, 0.15) is 11.8 Å². The first-order valence-corrected chi connectivity index (χ1v) is 8.07. The molecule has 0 aliphatic heterocycles. The monoisotopic (exact) mass is 336 g/mol. The van der Waals surface area contributed by atoms with E-state index in [-0.39, 0.29) is 12.5 Å². The molecule has 6 heteroatoms. The Morgan fingerprint density at radius 3 is 2.88 bits per heavy atom. The SMILES string of the molecule is CN(C)CCNC(=O)c1c2ccc(OCC#N)cc2n2ccccc12. The van der Waals surface area contributed by atoms with Crippen LogP contribution in [0.1, 0.15) is 10.4 Å². The molecule has 0 saturated heterocycles. The first-order valence-electron chi connectivity index (χ1n) is 8.07. The van der Waals surface area contributed by atoms with Crippen molar-refractivity contribution in [3.8, 4) is 11.8 Å². The zero-order valence-corrected chi connectivity index (χ0v) is 14.3. The normalized spacial score (nSPS) is 11.0. The van der Waals surface area contributed by atoms with Crippen LogP contribution in [0.15, 0.2) is 42.6 Å². The fourth-order valence-electron chi connectivity index (χ4n) is 2.84. The molecule has 1 N–H and O–H groups in total. The summed E-state index contributed by atoms with van der Waals surface area (Å²) in [6, 6.07) is 13.2. The van der Waals surface area contributed by atoms with Gasteiger partial charge in [-0.25, -0.2) is 0 Å². The molecule has 3 rings (SSSR count). The van der Waals surface area contributed by atoms with Crippen LogP contribution in [0.25, 0.3) is 16.4 Å². The molecule has 2 heterocycles. The highest BCUT2D eigenvalue weighted by atomic mass is 16.5. The minimum Gasteiger partial charge on any atom is -0.479 e. The molecule has 2 aromatic heterocycles. The number of aromatic nitrogens is 1. The maximum absolute atomic E-state index is 12.8. The van der Waals surface area contributed by atoms with Crippen molar-refractivity contribution < 1.29 is 9.53 Å². The van der Waals surface area contributed by atoms with Crippen LogP contribution in [0.2, 0.25) is 0 Å². The Kier molecular flexibility index (Phi) is 4.87. The molecule has 25 heavy (non-hydrogen) atoms. The summed E-state index contributed by atoms with van der Waals surface area (Å²) in [5.74, 6) is 0.517. The summed E-state index contributed by atoms with van der Waals surface area (Å²) in [5, 5.41) is 12.5. The summed E-state index contributed by atoms with van der Waals surface area (Å²) in [4.78, 5) is 14.8. The molecule has 1 amide bonds. The fourth-order valence-corrected chi connectivity index (χ4v) is 2.84. The standard InChI is InChI=1S/C19H20N4O2/c1-22(2)11-9-21-19(24)18-15-7-6-14(25-12-8-20)13-17(15)23-10-4-3-5-16(18)23/h3-7,10,13H,9,11-12H2,1-2H3,(H,21,24). The first kappa shape index (κ1) is 16.8. The Labute approximate surface area is 146 Å². The number of nitriles is 1. The number of fused-ring (bicyclic) bond motifs is 3. The average Bonchev–Trinajstić information content (AvgIpc) is 2.93. The maximum atomic E-state index is 12.8. The fraction of sp³-hybridized carbons (Fsp3) is 0.263. The van der Waals surface area contributed by atoms with E-state index >= 15 is 0 Å². The number of nitrogens with one attached hydrogen (secondary N) is 1. The zero-order chi connectivity index (χ0) is 17.8. The number of benzene rings is 1. The molecule has 6 nitrogen and oxygen atoms in total. The van der Waals surface area contributed by atoms with E-state index in [9.17, 15) is 4.79 Å². The van der Waals surface area contributed by atoms with Crippen molar-refractivity contribution in [2.75, 3.05) is 33.8 Å². The smallest absolute Gasteiger partial charge is 0.254 e. The lowest BCUT2D eigenvalue weighted by molar-refractivity contribution is 0.0954. The number of carbonyl (C=O) groups is 1. The Hall–Kier alpha value is -3.04. The van der Waals surface area contributed by atoms with Crippen LogP contribution in [-0.4, -0.2) is 49.0 Å². The molecule has 0 aliphatic rings. The van der Waals surface area contributed by atoms with Crippen molar-refractivity contribution in [2.24, 2.45) is 0 Å². The van der Waals surface area contributed by atoms with Crippen molar-refractivity contribution >= 4 is 22.3 Å². The van der Waals surface area contributed by atoms with Gasteiger partial charge in [-0.15, -0.1) is 0 Å². The summed E-state index contributed by atoms with van der Waals surface area (Å²) in [5.41, 5.74) is 2.38. The summed E-state index contributed by atoms with van der Waals surface area (Å²) < 4.78 is 7.36. The van der Waals surface area contributed by atoms with E-state index in [0.717, 1.165) is 23.0 Å². The molecule has 0 saturated carbocycles. The van der Waals surface area contributed by atoms with Gasteiger partial charge in [0.2, 0.25) is 0 Å². The molecule has 0 unspecified atom stereocenters. The molecule has 0 radical (unpaired) electrons. The number of hydrogen-bond acceptors (Lipinski definition) is 4. The third-order valence-electron chi connectivity index (χ3n) is 3.99. The highest BCUT2D eigenvalue weighted by Crippen LogP contribution is 2.29. The van der Waals surface area contributed by atoms with Crippen molar-refractivity contribution in [3.63, 3.8) is 0 Å². The van der Waals surface area contributed by atoms with Crippen molar-refractivity contribution in [1.82, 2.24) is 14.6 Å². The predicted molar refractivity (Wildman–Crippen MR) is 96.9 cm³/mol. The van der Waals surface area contributed by atoms with Crippen LogP contribution < -0.4 is 10.1 Å². The molecule has 128 valence electrons. The van der Waals surface area contributed by atoms with Gasteiger partial charge < -0.3 is 19.4 Å². The summed E-state index contributed by atoms with van der Waals surface area (Å²) in [6.45, 7) is 1.36. The molecule has 0 fully saturated rings. The number of hydrogen-bond donors (Lipinski definition) is 1. The molecular formula is C19H20N4O2. The molecule has 0 atom stereocenters. The lowest BCUT2D eigenvalue weighted by Gasteiger charge is -2.10. The van der Waals surface area contributed by atoms with Gasteiger partial charge in [-0.2, -0.15) is 5.26 Å². The van der Waals surface area contributed by atoms with Crippen LogP contribution in [0.4, 0.5) is 0 Å². The van der Waals surface area contributed by atoms with Crippen LogP contribution >= 0.6 is 0 Å². The number of likely N-dealkylation sites (N-methyl/N-ethyl adjacent to an activating group) is 1. The molecule has 0 bridgehead atoms. The number of amides is 1. The van der Waals surface area contributed by atoms with Crippen LogP contribution in [0.5, 0.6) is 5.75 Å². The van der Waals surface area contributed by atoms with Gasteiger partial charge in [-0.05, 0) is 38.4 Å². The van der Waals surface area contributed by atoms with E-state index in [1.165, 1.54) is 0 Å². The second kappa shape index (κ2) is 7.24. The zero-order valence-electron chi connectivity index (χ0n) is 14.3. The first-order chi connectivity index (χ1) is 12.1. The van der Waals surface area contributed by atoms with Gasteiger partial charge in [0.15, 0.2) is 6.61 Å². The van der Waals surface area contributed by atoms with Gasteiger partial charge in [0, 0.05) is 30.7 Å². The summed E-state index contributed by atoms with van der Waals surface area (Å²) >= 11 is 0. The molecule has 0 aliphatic carbocycles. The largest absolute Gasteiger partial charge is 0.479 e. The van der Waals surface area contributed by atoms with Crippen molar-refractivity contribution in [1.29, 1.82) is 5.26 Å². The van der Waals surface area contributed by atoms with Crippen molar-refractivity contribution in [2.45, 2.75) is 0 Å². The minimum absolute atomic E-state index is 0.00725. The van der Waals surface area contributed by atoms with E-state index in [0.29, 0.717) is 17.9 Å². The van der Waals surface area contributed by atoms with E-state index in [2.05, 4.69) is 5.32 Å². The lowest BCUT2D eigenvalue weighted by atomic mass is 10.1. The summed E-state index contributed by atoms with van der Waals surface area (Å²) in [6.07, 6.45) is 1.92. The van der Waals surface area contributed by atoms with E-state index in [4.69, 9.17) is 10.00 Å². The Morgan fingerprint density at radius 2 is 2.12 bits per heavy atom. The predicted octanol–water partition coefficient (Wildman–Crippen LogP) is 2.29. The highest BCUT2D eigenvalue weighted by Gasteiger charge is 2.18. The van der Waals surface area contributed by atoms with E-state index in [1.54, 1.807) is 6.07 Å². The van der Waals surface area contributed by atoms with Crippen molar-refractivity contribution in [3.05, 3.63) is 48.2 Å².